The standard InChI is InChI=1S/C25H28FN4O2/c1-32-23-11-5-4-10-22(23)30(17-14-27-15-18-30)19-16-29(24-12-6-7-13-28-24)25(31)20-8-2-3-9-21(20)26/h2-13,27H,14-19H2,1H3/q+1. The van der Waals surface area contributed by atoms with Crippen LogP contribution in [-0.4, -0.2) is 57.3 Å². The van der Waals surface area contributed by atoms with Gasteiger partial charge in [0.15, 0.2) is 11.4 Å². The van der Waals surface area contributed by atoms with Gasteiger partial charge in [-0.2, -0.15) is 0 Å². The fourth-order valence-electron chi connectivity index (χ4n) is 4.33. The maximum atomic E-state index is 14.5. The largest absolute Gasteiger partial charge is 0.491 e. The third-order valence-corrected chi connectivity index (χ3v) is 6.06. The second kappa shape index (κ2) is 9.89. The number of benzene rings is 2. The monoisotopic (exact) mass is 435 g/mol. The number of halogens is 1. The summed E-state index contributed by atoms with van der Waals surface area (Å²) in [7, 11) is 1.68. The number of piperazine rings is 1. The van der Waals surface area contributed by atoms with Gasteiger partial charge in [-0.3, -0.25) is 14.2 Å². The number of carbonyl (C=O) groups is 1. The predicted octanol–water partition coefficient (Wildman–Crippen LogP) is 3.49. The van der Waals surface area contributed by atoms with Crippen molar-refractivity contribution in [2.24, 2.45) is 0 Å². The van der Waals surface area contributed by atoms with Gasteiger partial charge in [-0.1, -0.05) is 30.3 Å². The molecule has 3 aromatic rings. The topological polar surface area (TPSA) is 54.5 Å². The molecule has 1 fully saturated rings. The molecule has 0 saturated carbocycles. The van der Waals surface area contributed by atoms with Gasteiger partial charge < -0.3 is 10.1 Å². The summed E-state index contributed by atoms with van der Waals surface area (Å²) in [4.78, 5) is 19.4. The van der Waals surface area contributed by atoms with Gasteiger partial charge in [0, 0.05) is 25.4 Å². The first-order valence-corrected chi connectivity index (χ1v) is 10.8. The van der Waals surface area contributed by atoms with Crippen LogP contribution in [0.1, 0.15) is 10.4 Å². The number of nitrogens with one attached hydrogen (secondary N) is 1. The highest BCUT2D eigenvalue weighted by atomic mass is 19.1. The molecule has 0 spiro atoms. The Kier molecular flexibility index (Phi) is 6.78. The second-order valence-corrected chi connectivity index (χ2v) is 7.86. The van der Waals surface area contributed by atoms with Crippen LogP contribution in [-0.2, 0) is 0 Å². The molecule has 2 aromatic carbocycles. The third-order valence-electron chi connectivity index (χ3n) is 6.06. The Bertz CT molecular complexity index is 1050. The van der Waals surface area contributed by atoms with E-state index in [9.17, 15) is 9.18 Å². The normalized spacial score (nSPS) is 15.2. The first-order valence-electron chi connectivity index (χ1n) is 10.8. The quantitative estimate of drug-likeness (QED) is 0.578. The minimum atomic E-state index is -0.533. The van der Waals surface area contributed by atoms with Crippen molar-refractivity contribution in [3.05, 3.63) is 84.3 Å². The molecule has 1 amide bonds. The average Bonchev–Trinajstić information content (AvgIpc) is 2.85. The van der Waals surface area contributed by atoms with Gasteiger partial charge >= 0.3 is 0 Å². The van der Waals surface area contributed by atoms with Crippen LogP contribution in [0.2, 0.25) is 0 Å². The van der Waals surface area contributed by atoms with Crippen LogP contribution in [0.4, 0.5) is 15.9 Å². The van der Waals surface area contributed by atoms with Gasteiger partial charge in [-0.05, 0) is 30.3 Å². The molecule has 0 aliphatic carbocycles. The van der Waals surface area contributed by atoms with E-state index in [-0.39, 0.29) is 5.56 Å². The molecule has 4 rings (SSSR count). The molecule has 1 N–H and O–H groups in total. The van der Waals surface area contributed by atoms with Crippen LogP contribution in [0.15, 0.2) is 72.9 Å². The zero-order valence-corrected chi connectivity index (χ0v) is 18.2. The van der Waals surface area contributed by atoms with E-state index in [1.807, 2.05) is 24.3 Å². The number of amides is 1. The highest BCUT2D eigenvalue weighted by Crippen LogP contribution is 2.34. The zero-order valence-electron chi connectivity index (χ0n) is 18.2. The Labute approximate surface area is 187 Å². The highest BCUT2D eigenvalue weighted by Gasteiger charge is 2.36. The highest BCUT2D eigenvalue weighted by molar-refractivity contribution is 6.05. The summed E-state index contributed by atoms with van der Waals surface area (Å²) in [6.07, 6.45) is 1.65. The van der Waals surface area contributed by atoms with Crippen LogP contribution >= 0.6 is 0 Å². The average molecular weight is 436 g/mol. The summed E-state index contributed by atoms with van der Waals surface area (Å²) in [5, 5.41) is 3.42. The van der Waals surface area contributed by atoms with Crippen LogP contribution in [0.5, 0.6) is 5.75 Å². The molecule has 0 radical (unpaired) electrons. The molecule has 7 heteroatoms. The SMILES string of the molecule is COc1ccccc1[N+]1(CCN(C(=O)c2ccccc2F)c2ccccn2)CCNCC1. The Balaban J connectivity index is 1.68. The van der Waals surface area contributed by atoms with Crippen molar-refractivity contribution in [2.75, 3.05) is 51.3 Å². The molecule has 2 heterocycles. The molecule has 32 heavy (non-hydrogen) atoms. The number of methoxy groups -OCH3 is 1. The summed E-state index contributed by atoms with van der Waals surface area (Å²) in [6.45, 7) is 4.50. The number of carbonyl (C=O) groups excluding carboxylic acids is 1. The second-order valence-electron chi connectivity index (χ2n) is 7.86. The first-order chi connectivity index (χ1) is 15.6. The molecule has 1 saturated heterocycles. The van der Waals surface area contributed by atoms with Crippen molar-refractivity contribution in [1.82, 2.24) is 14.8 Å². The van der Waals surface area contributed by atoms with E-state index in [0.717, 1.165) is 37.6 Å². The Morgan fingerprint density at radius 3 is 2.50 bits per heavy atom. The predicted molar refractivity (Wildman–Crippen MR) is 125 cm³/mol. The van der Waals surface area contributed by atoms with Crippen LogP contribution in [0.3, 0.4) is 0 Å². The third kappa shape index (κ3) is 4.49. The molecule has 0 unspecified atom stereocenters. The Morgan fingerprint density at radius 2 is 1.78 bits per heavy atom. The fourth-order valence-corrected chi connectivity index (χ4v) is 4.33. The number of aromatic nitrogens is 1. The number of anilines is 1. The van der Waals surface area contributed by atoms with Crippen molar-refractivity contribution in [2.45, 2.75) is 0 Å². The molecular formula is C25H28FN4O2+. The molecule has 6 nitrogen and oxygen atoms in total. The van der Waals surface area contributed by atoms with E-state index < -0.39 is 11.7 Å². The van der Waals surface area contributed by atoms with Crippen LogP contribution < -0.4 is 19.4 Å². The number of hydrogen-bond acceptors (Lipinski definition) is 4. The van der Waals surface area contributed by atoms with E-state index in [1.54, 1.807) is 42.5 Å². The van der Waals surface area contributed by atoms with Crippen molar-refractivity contribution in [3.63, 3.8) is 0 Å². The van der Waals surface area contributed by atoms with Gasteiger partial charge in [-0.15, -0.1) is 0 Å². The summed E-state index contributed by atoms with van der Waals surface area (Å²) in [5.74, 6) is 0.414. The van der Waals surface area contributed by atoms with Crippen molar-refractivity contribution < 1.29 is 13.9 Å². The summed E-state index contributed by atoms with van der Waals surface area (Å²) < 4.78 is 20.8. The van der Waals surface area contributed by atoms with Gasteiger partial charge in [0.05, 0.1) is 32.3 Å². The first kappa shape index (κ1) is 21.9. The molecule has 0 atom stereocenters. The molecule has 1 aliphatic heterocycles. The molecule has 0 bridgehead atoms. The minimum absolute atomic E-state index is 0.0438. The summed E-state index contributed by atoms with van der Waals surface area (Å²) in [5.41, 5.74) is 1.14. The van der Waals surface area contributed by atoms with E-state index in [1.165, 1.54) is 12.1 Å². The lowest BCUT2D eigenvalue weighted by molar-refractivity contribution is 0.0978. The fraction of sp³-hybridized carbons (Fsp3) is 0.280. The van der Waals surface area contributed by atoms with E-state index >= 15 is 0 Å². The molecule has 166 valence electrons. The molecular weight excluding hydrogens is 407 g/mol. The van der Waals surface area contributed by atoms with Crippen molar-refractivity contribution in [3.8, 4) is 5.75 Å². The van der Waals surface area contributed by atoms with Crippen molar-refractivity contribution in [1.29, 1.82) is 0 Å². The van der Waals surface area contributed by atoms with Gasteiger partial charge in [0.25, 0.3) is 5.91 Å². The van der Waals surface area contributed by atoms with Crippen molar-refractivity contribution >= 4 is 17.4 Å². The Morgan fingerprint density at radius 1 is 1.06 bits per heavy atom. The number of ether oxygens (including phenoxy) is 1. The van der Waals surface area contributed by atoms with Gasteiger partial charge in [0.2, 0.25) is 0 Å². The van der Waals surface area contributed by atoms with E-state index in [2.05, 4.69) is 16.4 Å². The lowest BCUT2D eigenvalue weighted by Crippen LogP contribution is -2.62. The van der Waals surface area contributed by atoms with Crippen LogP contribution in [0, 0.1) is 5.82 Å². The zero-order chi connectivity index (χ0) is 22.4. The molecule has 1 aromatic heterocycles. The summed E-state index contributed by atoms with van der Waals surface area (Å²) >= 11 is 0. The summed E-state index contributed by atoms with van der Waals surface area (Å²) in [6, 6.07) is 19.5. The lowest BCUT2D eigenvalue weighted by atomic mass is 10.1. The van der Waals surface area contributed by atoms with E-state index in [0.29, 0.717) is 23.4 Å². The molecule has 1 aliphatic rings. The Hall–Kier alpha value is -3.29. The number of quaternary nitrogens is 1. The number of hydrogen-bond donors (Lipinski definition) is 1. The number of pyridine rings is 1. The van der Waals surface area contributed by atoms with Gasteiger partial charge in [0.1, 0.15) is 18.2 Å². The van der Waals surface area contributed by atoms with Crippen LogP contribution in [0.25, 0.3) is 0 Å². The van der Waals surface area contributed by atoms with E-state index in [4.69, 9.17) is 4.74 Å². The lowest BCUT2D eigenvalue weighted by Gasteiger charge is -2.42. The smallest absolute Gasteiger partial charge is 0.262 e. The number of rotatable bonds is 7. The number of nitrogens with zero attached hydrogens (tertiary/aromatic N) is 3. The number of para-hydroxylation sites is 2. The maximum Gasteiger partial charge on any atom is 0.262 e. The van der Waals surface area contributed by atoms with Gasteiger partial charge in [-0.25, -0.2) is 9.37 Å². The minimum Gasteiger partial charge on any atom is -0.491 e. The maximum absolute atomic E-state index is 14.5.